The fourth-order valence-electron chi connectivity index (χ4n) is 5.30. The number of piperidine rings is 1. The lowest BCUT2D eigenvalue weighted by Gasteiger charge is -2.54. The van der Waals surface area contributed by atoms with E-state index in [1.807, 2.05) is 0 Å². The van der Waals surface area contributed by atoms with E-state index in [2.05, 4.69) is 58.6 Å². The van der Waals surface area contributed by atoms with Crippen molar-refractivity contribution in [2.75, 3.05) is 13.1 Å². The van der Waals surface area contributed by atoms with E-state index in [1.54, 1.807) is 0 Å². The zero-order chi connectivity index (χ0) is 19.3. The Morgan fingerprint density at radius 2 is 1.92 bits per heavy atom. The Bertz CT molecular complexity index is 504. The van der Waals surface area contributed by atoms with Gasteiger partial charge in [0, 0.05) is 12.6 Å². The maximum atomic E-state index is 10.2. The summed E-state index contributed by atoms with van der Waals surface area (Å²) in [6, 6.07) is 0.664. The fraction of sp³-hybridized carbons (Fsp3) is 0.833. The molecule has 0 aromatic carbocycles. The molecule has 0 bridgehead atoms. The molecule has 1 aliphatic carbocycles. The van der Waals surface area contributed by atoms with Crippen molar-refractivity contribution in [3.05, 3.63) is 23.3 Å². The summed E-state index contributed by atoms with van der Waals surface area (Å²) in [6.45, 7) is 16.2. The third-order valence-electron chi connectivity index (χ3n) is 7.23. The molecule has 2 fully saturated rings. The predicted molar refractivity (Wildman–Crippen MR) is 113 cm³/mol. The van der Waals surface area contributed by atoms with Crippen molar-refractivity contribution < 1.29 is 5.11 Å². The number of hydrogen-bond donors (Lipinski definition) is 1. The summed E-state index contributed by atoms with van der Waals surface area (Å²) in [6.07, 6.45) is 13.0. The van der Waals surface area contributed by atoms with Crippen LogP contribution in [0, 0.1) is 17.3 Å². The Morgan fingerprint density at radius 3 is 2.62 bits per heavy atom. The number of nitrogens with zero attached hydrogens (tertiary/aromatic N) is 1. The number of allylic oxidation sites excluding steroid dienone is 4. The first-order chi connectivity index (χ1) is 12.2. The number of hydrogen-bond acceptors (Lipinski definition) is 2. The summed E-state index contributed by atoms with van der Waals surface area (Å²) in [4.78, 5) is 2.73. The number of rotatable bonds is 7. The summed E-state index contributed by atoms with van der Waals surface area (Å²) >= 11 is 0. The van der Waals surface area contributed by atoms with Gasteiger partial charge in [0.25, 0.3) is 0 Å². The Balaban J connectivity index is 1.80. The van der Waals surface area contributed by atoms with Gasteiger partial charge in [0.05, 0.1) is 6.10 Å². The average Bonchev–Trinajstić information content (AvgIpc) is 2.57. The zero-order valence-corrected chi connectivity index (χ0v) is 18.2. The van der Waals surface area contributed by atoms with Crippen molar-refractivity contribution in [2.45, 2.75) is 98.6 Å². The van der Waals surface area contributed by atoms with Crippen LogP contribution in [0.5, 0.6) is 0 Å². The molecule has 0 radical (unpaired) electrons. The minimum Gasteiger partial charge on any atom is -0.393 e. The fourth-order valence-corrected chi connectivity index (χ4v) is 5.30. The highest BCUT2D eigenvalue weighted by molar-refractivity contribution is 5.03. The summed E-state index contributed by atoms with van der Waals surface area (Å²) in [7, 11) is 0. The Labute approximate surface area is 162 Å². The number of fused-ring (bicyclic) bond motifs is 1. The monoisotopic (exact) mass is 361 g/mol. The van der Waals surface area contributed by atoms with Gasteiger partial charge in [0.15, 0.2) is 0 Å². The van der Waals surface area contributed by atoms with Gasteiger partial charge in [-0.15, -0.1) is 0 Å². The van der Waals surface area contributed by atoms with E-state index in [1.165, 1.54) is 62.8 Å². The molecule has 0 spiro atoms. The van der Waals surface area contributed by atoms with Gasteiger partial charge in [0.1, 0.15) is 0 Å². The SMILES string of the molecule is CC(C)=CCC/C(C)=C/CCC(C)N1CC[C@H]2[C@H](C)[C@@H](O)CC[C@]2(C)C1. The maximum absolute atomic E-state index is 10.2. The molecule has 1 aliphatic heterocycles. The minimum atomic E-state index is -0.0727. The van der Waals surface area contributed by atoms with Crippen molar-refractivity contribution in [3.63, 3.8) is 0 Å². The van der Waals surface area contributed by atoms with E-state index in [4.69, 9.17) is 0 Å². The normalized spacial score (nSPS) is 34.3. The summed E-state index contributed by atoms with van der Waals surface area (Å²) in [5.41, 5.74) is 3.37. The molecule has 150 valence electrons. The molecule has 1 unspecified atom stereocenters. The van der Waals surface area contributed by atoms with E-state index in [9.17, 15) is 5.11 Å². The highest BCUT2D eigenvalue weighted by atomic mass is 16.3. The van der Waals surface area contributed by atoms with Crippen LogP contribution in [0.15, 0.2) is 23.3 Å². The van der Waals surface area contributed by atoms with E-state index < -0.39 is 0 Å². The van der Waals surface area contributed by atoms with Gasteiger partial charge in [-0.05, 0) is 96.4 Å². The number of aliphatic hydroxyl groups excluding tert-OH is 1. The van der Waals surface area contributed by atoms with E-state index >= 15 is 0 Å². The smallest absolute Gasteiger partial charge is 0.0568 e. The summed E-state index contributed by atoms with van der Waals surface area (Å²) < 4.78 is 0. The molecule has 0 aromatic heterocycles. The maximum Gasteiger partial charge on any atom is 0.0568 e. The number of likely N-dealkylation sites (tertiary alicyclic amines) is 1. The van der Waals surface area contributed by atoms with Crippen molar-refractivity contribution >= 4 is 0 Å². The minimum absolute atomic E-state index is 0.0727. The predicted octanol–water partition coefficient (Wildman–Crippen LogP) is 5.97. The molecule has 0 amide bonds. The zero-order valence-electron chi connectivity index (χ0n) is 18.2. The largest absolute Gasteiger partial charge is 0.393 e. The van der Waals surface area contributed by atoms with E-state index in [0.29, 0.717) is 23.3 Å². The first-order valence-corrected chi connectivity index (χ1v) is 10.9. The van der Waals surface area contributed by atoms with Gasteiger partial charge in [-0.1, -0.05) is 37.1 Å². The third-order valence-corrected chi connectivity index (χ3v) is 7.23. The van der Waals surface area contributed by atoms with Crippen molar-refractivity contribution in [1.29, 1.82) is 0 Å². The van der Waals surface area contributed by atoms with Gasteiger partial charge in [-0.2, -0.15) is 0 Å². The Hall–Kier alpha value is -0.600. The van der Waals surface area contributed by atoms with Crippen LogP contribution in [0.25, 0.3) is 0 Å². The second-order valence-corrected chi connectivity index (χ2v) is 9.78. The molecular weight excluding hydrogens is 318 g/mol. The van der Waals surface area contributed by atoms with Gasteiger partial charge >= 0.3 is 0 Å². The first kappa shape index (κ1) is 21.7. The van der Waals surface area contributed by atoms with Crippen LogP contribution in [0.2, 0.25) is 0 Å². The van der Waals surface area contributed by atoms with E-state index in [0.717, 1.165) is 6.42 Å². The van der Waals surface area contributed by atoms with Gasteiger partial charge in [0.2, 0.25) is 0 Å². The van der Waals surface area contributed by atoms with Crippen LogP contribution >= 0.6 is 0 Å². The molecule has 2 rings (SSSR count). The van der Waals surface area contributed by atoms with Gasteiger partial charge in [-0.25, -0.2) is 0 Å². The summed E-state index contributed by atoms with van der Waals surface area (Å²) in [5.74, 6) is 1.17. The second-order valence-electron chi connectivity index (χ2n) is 9.78. The van der Waals surface area contributed by atoms with Crippen LogP contribution < -0.4 is 0 Å². The van der Waals surface area contributed by atoms with Crippen molar-refractivity contribution in [1.82, 2.24) is 4.90 Å². The lowest BCUT2D eigenvalue weighted by atomic mass is 9.59. The Morgan fingerprint density at radius 1 is 1.19 bits per heavy atom. The molecule has 2 aliphatic rings. The number of aliphatic hydroxyl groups is 1. The molecule has 2 heteroatoms. The highest BCUT2D eigenvalue weighted by Gasteiger charge is 2.47. The molecule has 2 nitrogen and oxygen atoms in total. The second kappa shape index (κ2) is 9.55. The van der Waals surface area contributed by atoms with Crippen LogP contribution in [-0.2, 0) is 0 Å². The van der Waals surface area contributed by atoms with Gasteiger partial charge in [-0.3, -0.25) is 0 Å². The summed E-state index contributed by atoms with van der Waals surface area (Å²) in [5, 5.41) is 10.2. The molecule has 1 heterocycles. The molecule has 1 saturated heterocycles. The third kappa shape index (κ3) is 5.70. The van der Waals surface area contributed by atoms with Crippen molar-refractivity contribution in [2.24, 2.45) is 17.3 Å². The van der Waals surface area contributed by atoms with E-state index in [-0.39, 0.29) is 6.10 Å². The quantitative estimate of drug-likeness (QED) is 0.565. The molecule has 26 heavy (non-hydrogen) atoms. The average molecular weight is 362 g/mol. The molecule has 5 atom stereocenters. The molecule has 1 N–H and O–H groups in total. The topological polar surface area (TPSA) is 23.5 Å². The molecule has 0 aromatic rings. The van der Waals surface area contributed by atoms with Crippen molar-refractivity contribution in [3.8, 4) is 0 Å². The van der Waals surface area contributed by atoms with Crippen LogP contribution in [0.1, 0.15) is 86.5 Å². The lowest BCUT2D eigenvalue weighted by molar-refractivity contribution is -0.0840. The standard InChI is InChI=1S/C24H43NO/c1-18(2)9-7-10-19(3)11-8-12-20(4)25-16-14-22-21(5)23(26)13-15-24(22,6)17-25/h9,11,20-23,26H,7-8,10,12-17H2,1-6H3/b19-11+/t20?,21-,22-,23-,24+/m0/s1. The Kier molecular flexibility index (Phi) is 7.97. The van der Waals surface area contributed by atoms with Crippen LogP contribution in [0.3, 0.4) is 0 Å². The first-order valence-electron chi connectivity index (χ1n) is 10.9. The lowest BCUT2D eigenvalue weighted by Crippen LogP contribution is -2.55. The highest BCUT2D eigenvalue weighted by Crippen LogP contribution is 2.49. The van der Waals surface area contributed by atoms with Crippen LogP contribution in [-0.4, -0.2) is 35.2 Å². The molecular formula is C24H43NO. The van der Waals surface area contributed by atoms with Gasteiger partial charge < -0.3 is 10.0 Å². The molecule has 1 saturated carbocycles. The van der Waals surface area contributed by atoms with Crippen LogP contribution in [0.4, 0.5) is 0 Å².